The van der Waals surface area contributed by atoms with Crippen molar-refractivity contribution in [3.05, 3.63) is 64.1 Å². The van der Waals surface area contributed by atoms with Crippen LogP contribution in [0.1, 0.15) is 21.7 Å². The van der Waals surface area contributed by atoms with Gasteiger partial charge >= 0.3 is 6.18 Å². The van der Waals surface area contributed by atoms with E-state index in [2.05, 4.69) is 26.1 Å². The van der Waals surface area contributed by atoms with Crippen molar-refractivity contribution < 1.29 is 18.0 Å². The quantitative estimate of drug-likeness (QED) is 0.620. The lowest BCUT2D eigenvalue weighted by atomic mass is 10.2. The molecule has 1 amide bonds. The highest BCUT2D eigenvalue weighted by Crippen LogP contribution is 2.36. The van der Waals surface area contributed by atoms with E-state index in [1.807, 2.05) is 30.5 Å². The predicted molar refractivity (Wildman–Crippen MR) is 95.3 cm³/mol. The van der Waals surface area contributed by atoms with E-state index in [4.69, 9.17) is 0 Å². The average Bonchev–Trinajstić information content (AvgIpc) is 3.22. The molecule has 0 spiro atoms. The third kappa shape index (κ3) is 3.90. The molecule has 0 radical (unpaired) electrons. The van der Waals surface area contributed by atoms with Gasteiger partial charge in [0.25, 0.3) is 5.91 Å². The van der Waals surface area contributed by atoms with E-state index >= 15 is 0 Å². The Morgan fingerprint density at radius 3 is 2.44 bits per heavy atom. The maximum Gasteiger partial charge on any atom is 0.434 e. The van der Waals surface area contributed by atoms with Gasteiger partial charge in [-0.15, -0.1) is 0 Å². The number of hydrogen-bond acceptors (Lipinski definition) is 3. The van der Waals surface area contributed by atoms with Crippen LogP contribution in [0.25, 0.3) is 5.69 Å². The van der Waals surface area contributed by atoms with Gasteiger partial charge < -0.3 is 4.90 Å². The van der Waals surface area contributed by atoms with E-state index in [-0.39, 0.29) is 16.7 Å². The summed E-state index contributed by atoms with van der Waals surface area (Å²) in [7, 11) is 2.66. The molecule has 0 bridgehead atoms. The van der Waals surface area contributed by atoms with Gasteiger partial charge in [-0.1, -0.05) is 12.1 Å². The van der Waals surface area contributed by atoms with Gasteiger partial charge in [-0.05, 0) is 39.7 Å². The van der Waals surface area contributed by atoms with Crippen molar-refractivity contribution in [1.29, 1.82) is 0 Å². The number of halogens is 4. The molecular formula is C17H15BrF3N5O. The Morgan fingerprint density at radius 1 is 1.26 bits per heavy atom. The molecule has 0 saturated heterocycles. The van der Waals surface area contributed by atoms with Gasteiger partial charge in [0.15, 0.2) is 11.4 Å². The van der Waals surface area contributed by atoms with Crippen molar-refractivity contribution in [2.24, 2.45) is 7.05 Å². The first-order valence-electron chi connectivity index (χ1n) is 7.82. The Balaban J connectivity index is 1.77. The van der Waals surface area contributed by atoms with Crippen LogP contribution in [0.15, 0.2) is 47.2 Å². The summed E-state index contributed by atoms with van der Waals surface area (Å²) in [6.07, 6.45) is -1.14. The number of rotatable bonds is 4. The number of amides is 1. The van der Waals surface area contributed by atoms with Gasteiger partial charge in [0.05, 0.1) is 10.2 Å². The molecule has 0 unspecified atom stereocenters. The zero-order valence-electron chi connectivity index (χ0n) is 14.4. The lowest BCUT2D eigenvalue weighted by Crippen LogP contribution is -2.27. The molecule has 2 heterocycles. The smallest absolute Gasteiger partial charge is 0.336 e. The lowest BCUT2D eigenvalue weighted by molar-refractivity contribution is -0.144. The van der Waals surface area contributed by atoms with Gasteiger partial charge in [-0.2, -0.15) is 23.4 Å². The van der Waals surface area contributed by atoms with Crippen LogP contribution in [0, 0.1) is 0 Å². The van der Waals surface area contributed by atoms with Crippen LogP contribution in [0.2, 0.25) is 0 Å². The first-order valence-corrected chi connectivity index (χ1v) is 8.62. The topological polar surface area (TPSA) is 56.0 Å². The summed E-state index contributed by atoms with van der Waals surface area (Å²) >= 11 is 2.86. The summed E-state index contributed by atoms with van der Waals surface area (Å²) < 4.78 is 41.2. The number of carbonyl (C=O) groups is 1. The minimum Gasteiger partial charge on any atom is -0.336 e. The fourth-order valence-electron chi connectivity index (χ4n) is 2.64. The van der Waals surface area contributed by atoms with E-state index in [1.54, 1.807) is 16.9 Å². The van der Waals surface area contributed by atoms with Gasteiger partial charge in [0.1, 0.15) is 0 Å². The Bertz CT molecular complexity index is 948. The third-order valence-electron chi connectivity index (χ3n) is 3.93. The molecule has 0 aliphatic heterocycles. The number of aromatic nitrogens is 4. The second-order valence-electron chi connectivity index (χ2n) is 5.91. The first kappa shape index (κ1) is 19.2. The summed E-state index contributed by atoms with van der Waals surface area (Å²) in [5, 5.41) is 7.86. The molecule has 3 aromatic rings. The van der Waals surface area contributed by atoms with E-state index in [1.165, 1.54) is 11.9 Å². The summed E-state index contributed by atoms with van der Waals surface area (Å²) in [5.74, 6) is -0.607. The number of alkyl halides is 3. The number of hydrogen-bond donors (Lipinski definition) is 0. The van der Waals surface area contributed by atoms with Gasteiger partial charge in [0.2, 0.25) is 0 Å². The van der Waals surface area contributed by atoms with E-state index < -0.39 is 17.8 Å². The first-order chi connectivity index (χ1) is 12.7. The molecule has 0 fully saturated rings. The van der Waals surface area contributed by atoms with E-state index in [0.717, 1.165) is 18.3 Å². The highest BCUT2D eigenvalue weighted by Gasteiger charge is 2.40. The minimum absolute atomic E-state index is 0.225. The van der Waals surface area contributed by atoms with Crippen molar-refractivity contribution in [1.82, 2.24) is 24.5 Å². The van der Waals surface area contributed by atoms with Crippen LogP contribution in [0.3, 0.4) is 0 Å². The molecule has 2 aromatic heterocycles. The minimum atomic E-state index is -4.61. The summed E-state index contributed by atoms with van der Waals surface area (Å²) in [6.45, 7) is 0.225. The largest absolute Gasteiger partial charge is 0.434 e. The molecule has 0 aliphatic rings. The van der Waals surface area contributed by atoms with Crippen LogP contribution >= 0.6 is 15.9 Å². The summed E-state index contributed by atoms with van der Waals surface area (Å²) in [5.41, 5.74) is 0.410. The standard InChI is InChI=1S/C17H15BrF3N5O/c1-24(10-11-4-6-12(7-5-11)26-9-3-8-22-26)16(27)14-13(18)15(17(19,20)21)25(2)23-14/h3-9H,10H2,1-2H3. The molecule has 0 aliphatic carbocycles. The maximum atomic E-state index is 13.1. The molecule has 27 heavy (non-hydrogen) atoms. The maximum absolute atomic E-state index is 13.1. The molecule has 0 atom stereocenters. The fraction of sp³-hybridized carbons (Fsp3) is 0.235. The van der Waals surface area contributed by atoms with Crippen LogP contribution < -0.4 is 0 Å². The van der Waals surface area contributed by atoms with Gasteiger partial charge in [0, 0.05) is 33.0 Å². The molecule has 3 rings (SSSR count). The molecule has 0 saturated carbocycles. The monoisotopic (exact) mass is 441 g/mol. The Kier molecular flexibility index (Phi) is 5.09. The van der Waals surface area contributed by atoms with Gasteiger partial charge in [-0.25, -0.2) is 4.68 Å². The number of aryl methyl sites for hydroxylation is 1. The fourth-order valence-corrected chi connectivity index (χ4v) is 3.38. The van der Waals surface area contributed by atoms with Crippen molar-refractivity contribution >= 4 is 21.8 Å². The van der Waals surface area contributed by atoms with Crippen LogP contribution in [0.5, 0.6) is 0 Å². The van der Waals surface area contributed by atoms with Crippen LogP contribution in [-0.4, -0.2) is 37.4 Å². The van der Waals surface area contributed by atoms with Gasteiger partial charge in [-0.3, -0.25) is 9.48 Å². The van der Waals surface area contributed by atoms with Crippen molar-refractivity contribution in [3.63, 3.8) is 0 Å². The lowest BCUT2D eigenvalue weighted by Gasteiger charge is -2.16. The van der Waals surface area contributed by atoms with Crippen LogP contribution in [-0.2, 0) is 19.8 Å². The Hall–Kier alpha value is -2.62. The van der Waals surface area contributed by atoms with Crippen molar-refractivity contribution in [2.45, 2.75) is 12.7 Å². The van der Waals surface area contributed by atoms with Crippen molar-refractivity contribution in [3.8, 4) is 5.69 Å². The summed E-state index contributed by atoms with van der Waals surface area (Å²) in [4.78, 5) is 13.9. The van der Waals surface area contributed by atoms with Crippen molar-refractivity contribution in [2.75, 3.05) is 7.05 Å². The number of nitrogens with zero attached hydrogens (tertiary/aromatic N) is 5. The second kappa shape index (κ2) is 7.18. The Labute approximate surface area is 161 Å². The van der Waals surface area contributed by atoms with E-state index in [0.29, 0.717) is 4.68 Å². The number of benzene rings is 1. The third-order valence-corrected chi connectivity index (χ3v) is 4.68. The predicted octanol–water partition coefficient (Wildman–Crippen LogP) is 3.66. The average molecular weight is 442 g/mol. The molecule has 1 aromatic carbocycles. The Morgan fingerprint density at radius 2 is 1.93 bits per heavy atom. The molecule has 6 nitrogen and oxygen atoms in total. The number of carbonyl (C=O) groups excluding carboxylic acids is 1. The molecule has 0 N–H and O–H groups in total. The molecule has 142 valence electrons. The van der Waals surface area contributed by atoms with E-state index in [9.17, 15) is 18.0 Å². The highest BCUT2D eigenvalue weighted by atomic mass is 79.9. The van der Waals surface area contributed by atoms with Crippen LogP contribution in [0.4, 0.5) is 13.2 Å². The normalized spacial score (nSPS) is 11.6. The SMILES string of the molecule is CN(Cc1ccc(-n2cccn2)cc1)C(=O)c1nn(C)c(C(F)(F)F)c1Br. The second-order valence-corrected chi connectivity index (χ2v) is 6.70. The molecular weight excluding hydrogens is 427 g/mol. The zero-order chi connectivity index (χ0) is 19.8. The summed E-state index contributed by atoms with van der Waals surface area (Å²) in [6, 6.07) is 9.16. The zero-order valence-corrected chi connectivity index (χ0v) is 16.0. The molecule has 10 heteroatoms. The highest BCUT2D eigenvalue weighted by molar-refractivity contribution is 9.10.